The lowest BCUT2D eigenvalue weighted by Crippen LogP contribution is -2.53. The molecule has 6 nitrogen and oxygen atoms in total. The lowest BCUT2D eigenvalue weighted by atomic mass is 10.0. The third-order valence-electron chi connectivity index (χ3n) is 2.84. The number of amides is 1. The van der Waals surface area contributed by atoms with Gasteiger partial charge in [-0.1, -0.05) is 0 Å². The lowest BCUT2D eigenvalue weighted by molar-refractivity contribution is -0.160. The number of rotatable bonds is 8. The number of ether oxygens (including phenoxy) is 2. The van der Waals surface area contributed by atoms with Crippen LogP contribution in [0.25, 0.3) is 0 Å². The molecular weight excluding hydrogens is 238 g/mol. The first-order valence-electron chi connectivity index (χ1n) is 5.95. The van der Waals surface area contributed by atoms with Crippen molar-refractivity contribution in [3.8, 4) is 0 Å². The van der Waals surface area contributed by atoms with E-state index in [2.05, 4.69) is 0 Å². The Morgan fingerprint density at radius 3 is 2.33 bits per heavy atom. The Morgan fingerprint density at radius 1 is 1.33 bits per heavy atom. The quantitative estimate of drug-likeness (QED) is 0.652. The summed E-state index contributed by atoms with van der Waals surface area (Å²) in [7, 11) is 1.46. The highest BCUT2D eigenvalue weighted by molar-refractivity contribution is 5.88. The van der Waals surface area contributed by atoms with Crippen LogP contribution in [0.4, 0.5) is 0 Å². The number of likely N-dealkylation sites (N-methyl/N-ethyl adjacent to an activating group) is 1. The van der Waals surface area contributed by atoms with Gasteiger partial charge in [-0.25, -0.2) is 4.79 Å². The monoisotopic (exact) mass is 261 g/mol. The van der Waals surface area contributed by atoms with Crippen molar-refractivity contribution in [2.75, 3.05) is 26.9 Å². The van der Waals surface area contributed by atoms with Crippen LogP contribution in [0.1, 0.15) is 27.7 Å². The van der Waals surface area contributed by atoms with Crippen LogP contribution in [0.3, 0.4) is 0 Å². The van der Waals surface area contributed by atoms with Gasteiger partial charge in [-0.3, -0.25) is 4.79 Å². The van der Waals surface area contributed by atoms with Crippen LogP contribution in [-0.2, 0) is 19.1 Å². The summed E-state index contributed by atoms with van der Waals surface area (Å²) in [6.45, 7) is 7.74. The van der Waals surface area contributed by atoms with Crippen LogP contribution in [0.2, 0.25) is 0 Å². The van der Waals surface area contributed by atoms with E-state index in [1.54, 1.807) is 6.92 Å². The van der Waals surface area contributed by atoms with E-state index in [1.165, 1.54) is 25.8 Å². The van der Waals surface area contributed by atoms with Crippen molar-refractivity contribution in [3.05, 3.63) is 0 Å². The second kappa shape index (κ2) is 7.33. The molecule has 0 rings (SSSR count). The molecule has 0 aromatic rings. The van der Waals surface area contributed by atoms with Crippen LogP contribution in [-0.4, -0.2) is 60.4 Å². The summed E-state index contributed by atoms with van der Waals surface area (Å²) in [6.07, 6.45) is -0.686. The lowest BCUT2D eigenvalue weighted by Gasteiger charge is -2.33. The predicted octanol–water partition coefficient (Wildman–Crippen LogP) is 0.750. The zero-order chi connectivity index (χ0) is 14.3. The van der Waals surface area contributed by atoms with Gasteiger partial charge >= 0.3 is 5.97 Å². The molecule has 0 saturated carbocycles. The van der Waals surface area contributed by atoms with Crippen molar-refractivity contribution < 1.29 is 24.2 Å². The molecule has 1 unspecified atom stereocenters. The highest BCUT2D eigenvalue weighted by atomic mass is 16.5. The van der Waals surface area contributed by atoms with Gasteiger partial charge in [-0.2, -0.15) is 0 Å². The average molecular weight is 261 g/mol. The first-order chi connectivity index (χ1) is 8.25. The molecule has 0 spiro atoms. The highest BCUT2D eigenvalue weighted by Gasteiger charge is 2.36. The largest absolute Gasteiger partial charge is 0.480 e. The Labute approximate surface area is 108 Å². The van der Waals surface area contributed by atoms with E-state index in [-0.39, 0.29) is 5.91 Å². The van der Waals surface area contributed by atoms with E-state index < -0.39 is 17.6 Å². The Bertz CT molecular complexity index is 290. The Hall–Kier alpha value is -1.14. The number of carbonyl (C=O) groups excluding carboxylic acids is 1. The van der Waals surface area contributed by atoms with Crippen LogP contribution in [0.5, 0.6) is 0 Å². The molecule has 0 heterocycles. The molecule has 0 saturated heterocycles. The molecule has 1 atom stereocenters. The molecule has 6 heteroatoms. The van der Waals surface area contributed by atoms with Gasteiger partial charge in [0.2, 0.25) is 0 Å². The van der Waals surface area contributed by atoms with Crippen LogP contribution >= 0.6 is 0 Å². The fraction of sp³-hybridized carbons (Fsp3) is 0.833. The molecule has 106 valence electrons. The van der Waals surface area contributed by atoms with Crippen molar-refractivity contribution in [1.29, 1.82) is 0 Å². The number of hydrogen-bond acceptors (Lipinski definition) is 4. The van der Waals surface area contributed by atoms with Crippen LogP contribution in [0, 0.1) is 0 Å². The van der Waals surface area contributed by atoms with Crippen molar-refractivity contribution in [3.63, 3.8) is 0 Å². The van der Waals surface area contributed by atoms with E-state index in [0.717, 1.165) is 0 Å². The Kier molecular flexibility index (Phi) is 6.86. The molecule has 0 fully saturated rings. The fourth-order valence-electron chi connectivity index (χ4n) is 1.19. The molecule has 0 radical (unpaired) electrons. The molecule has 1 amide bonds. The summed E-state index contributed by atoms with van der Waals surface area (Å²) in [5, 5.41) is 9.03. The van der Waals surface area contributed by atoms with Gasteiger partial charge in [0.05, 0.1) is 13.2 Å². The highest BCUT2D eigenvalue weighted by Crippen LogP contribution is 2.14. The molecular formula is C12H23NO5. The van der Waals surface area contributed by atoms with Gasteiger partial charge in [0, 0.05) is 13.7 Å². The summed E-state index contributed by atoms with van der Waals surface area (Å²) in [5.74, 6) is -1.42. The standard InChI is InChI=1S/C12H23NO5/c1-6-17-7-8-18-9(2)10(14)13(5)12(3,4)11(15)16/h9H,6-8H2,1-5H3,(H,15,16). The molecule has 0 aliphatic heterocycles. The van der Waals surface area contributed by atoms with E-state index in [9.17, 15) is 9.59 Å². The van der Waals surface area contributed by atoms with Crippen LogP contribution in [0.15, 0.2) is 0 Å². The first kappa shape index (κ1) is 16.9. The Morgan fingerprint density at radius 2 is 1.89 bits per heavy atom. The maximum absolute atomic E-state index is 12.0. The molecule has 0 bridgehead atoms. The van der Waals surface area contributed by atoms with Crippen molar-refractivity contribution in [1.82, 2.24) is 4.90 Å². The molecule has 0 aromatic carbocycles. The minimum atomic E-state index is -1.26. The van der Waals surface area contributed by atoms with Gasteiger partial charge in [0.1, 0.15) is 11.6 Å². The van der Waals surface area contributed by atoms with E-state index in [1.807, 2.05) is 6.92 Å². The normalized spacial score (nSPS) is 13.2. The molecule has 1 N–H and O–H groups in total. The topological polar surface area (TPSA) is 76.1 Å². The summed E-state index contributed by atoms with van der Waals surface area (Å²) < 4.78 is 10.4. The van der Waals surface area contributed by atoms with Gasteiger partial charge in [-0.05, 0) is 27.7 Å². The maximum atomic E-state index is 12.0. The summed E-state index contributed by atoms with van der Waals surface area (Å²) in [4.78, 5) is 24.2. The summed E-state index contributed by atoms with van der Waals surface area (Å²) in [5.41, 5.74) is -1.26. The fourth-order valence-corrected chi connectivity index (χ4v) is 1.19. The minimum absolute atomic E-state index is 0.308. The number of carboxylic acid groups (broad SMARTS) is 1. The van der Waals surface area contributed by atoms with E-state index >= 15 is 0 Å². The van der Waals surface area contributed by atoms with Crippen molar-refractivity contribution in [2.24, 2.45) is 0 Å². The zero-order valence-corrected chi connectivity index (χ0v) is 11.7. The number of nitrogens with zero attached hydrogens (tertiary/aromatic N) is 1. The number of aliphatic carboxylic acids is 1. The minimum Gasteiger partial charge on any atom is -0.480 e. The maximum Gasteiger partial charge on any atom is 0.329 e. The van der Waals surface area contributed by atoms with Crippen LogP contribution < -0.4 is 0 Å². The van der Waals surface area contributed by atoms with E-state index in [4.69, 9.17) is 14.6 Å². The number of hydrogen-bond donors (Lipinski definition) is 1. The van der Waals surface area contributed by atoms with Gasteiger partial charge in [0.25, 0.3) is 5.91 Å². The predicted molar refractivity (Wildman–Crippen MR) is 66.4 cm³/mol. The van der Waals surface area contributed by atoms with Gasteiger partial charge in [-0.15, -0.1) is 0 Å². The Balaban J connectivity index is 4.33. The molecule has 18 heavy (non-hydrogen) atoms. The average Bonchev–Trinajstić information content (AvgIpc) is 2.32. The summed E-state index contributed by atoms with van der Waals surface area (Å²) >= 11 is 0. The molecule has 0 aromatic heterocycles. The second-order valence-corrected chi connectivity index (χ2v) is 4.47. The molecule has 0 aliphatic carbocycles. The SMILES string of the molecule is CCOCCOC(C)C(=O)N(C)C(C)(C)C(=O)O. The first-order valence-corrected chi connectivity index (χ1v) is 5.95. The van der Waals surface area contributed by atoms with Gasteiger partial charge < -0.3 is 19.5 Å². The third-order valence-corrected chi connectivity index (χ3v) is 2.84. The molecule has 0 aliphatic rings. The zero-order valence-electron chi connectivity index (χ0n) is 11.7. The smallest absolute Gasteiger partial charge is 0.329 e. The number of carboxylic acids is 1. The van der Waals surface area contributed by atoms with Crippen molar-refractivity contribution >= 4 is 11.9 Å². The van der Waals surface area contributed by atoms with Crippen molar-refractivity contribution in [2.45, 2.75) is 39.3 Å². The number of carbonyl (C=O) groups is 2. The summed E-state index contributed by atoms with van der Waals surface area (Å²) in [6, 6.07) is 0. The van der Waals surface area contributed by atoms with E-state index in [0.29, 0.717) is 19.8 Å². The second-order valence-electron chi connectivity index (χ2n) is 4.47. The third kappa shape index (κ3) is 4.62. The van der Waals surface area contributed by atoms with Gasteiger partial charge in [0.15, 0.2) is 0 Å².